The van der Waals surface area contributed by atoms with Crippen molar-refractivity contribution >= 4 is 11.8 Å². The number of nitrogens with one attached hydrogen (secondary N) is 4. The number of nitrogens with zero attached hydrogens (tertiary/aromatic N) is 3. The maximum atomic E-state index is 12.5. The first-order chi connectivity index (χ1) is 15.1. The number of carbonyl (C=O) groups is 1. The second-order valence-corrected chi connectivity index (χ2v) is 8.34. The van der Waals surface area contributed by atoms with Gasteiger partial charge in [-0.2, -0.15) is 4.98 Å². The third-order valence-electron chi connectivity index (χ3n) is 5.82. The average molecular weight is 426 g/mol. The van der Waals surface area contributed by atoms with E-state index in [1.165, 1.54) is 10.1 Å². The number of aromatic nitrogens is 2. The van der Waals surface area contributed by atoms with Gasteiger partial charge in [0.1, 0.15) is 5.82 Å². The van der Waals surface area contributed by atoms with Gasteiger partial charge in [0.05, 0.1) is 5.69 Å². The van der Waals surface area contributed by atoms with Crippen LogP contribution in [0.2, 0.25) is 0 Å². The smallest absolute Gasteiger partial charge is 0.322 e. The minimum absolute atomic E-state index is 0.230. The molecule has 166 valence electrons. The molecule has 2 fully saturated rings. The molecule has 2 aromatic rings. The van der Waals surface area contributed by atoms with Gasteiger partial charge in [0, 0.05) is 58.1 Å². The average Bonchev–Trinajstić information content (AvgIpc) is 2.74. The van der Waals surface area contributed by atoms with E-state index in [1.807, 2.05) is 24.3 Å². The van der Waals surface area contributed by atoms with Gasteiger partial charge in [0.2, 0.25) is 0 Å². The van der Waals surface area contributed by atoms with E-state index in [4.69, 9.17) is 0 Å². The highest BCUT2D eigenvalue weighted by Gasteiger charge is 2.18. The van der Waals surface area contributed by atoms with Crippen LogP contribution in [0.25, 0.3) is 5.69 Å². The highest BCUT2D eigenvalue weighted by atomic mass is 16.2. The quantitative estimate of drug-likeness (QED) is 0.512. The molecular weight excluding hydrogens is 394 g/mol. The fraction of sp³-hybridized carbons (Fsp3) is 0.500. The number of hydrogen-bond acceptors (Lipinski definition) is 6. The van der Waals surface area contributed by atoms with Crippen molar-refractivity contribution in [3.63, 3.8) is 0 Å². The summed E-state index contributed by atoms with van der Waals surface area (Å²) < 4.78 is 1.48. The maximum absolute atomic E-state index is 12.5. The minimum Gasteiger partial charge on any atom is -0.322 e. The van der Waals surface area contributed by atoms with E-state index >= 15 is 0 Å². The first-order valence-electron chi connectivity index (χ1n) is 11.0. The standard InChI is InChI=1S/C22H31N7O2/c1-16(25-15-18-13-24-14-18)12-17-2-4-19(5-3-17)29-9-6-20(27-22(29)31)26-21(30)28-10-7-23-8-11-28/h2-6,9,16,18,23-25H,7-8,10-15H2,1H3,(H,26,27,30,31). The molecule has 31 heavy (non-hydrogen) atoms. The van der Waals surface area contributed by atoms with Crippen molar-refractivity contribution in [3.8, 4) is 5.69 Å². The highest BCUT2D eigenvalue weighted by Crippen LogP contribution is 2.11. The Kier molecular flexibility index (Phi) is 6.96. The SMILES string of the molecule is CC(Cc1ccc(-n2ccc(NC(=O)N3CCNCC3)nc2=O)cc1)NCC1CNC1. The van der Waals surface area contributed by atoms with Crippen molar-refractivity contribution in [1.29, 1.82) is 0 Å². The normalized spacial score (nSPS) is 17.8. The molecule has 2 aliphatic rings. The second kappa shape index (κ2) is 10.0. The van der Waals surface area contributed by atoms with Crippen LogP contribution >= 0.6 is 0 Å². The fourth-order valence-corrected chi connectivity index (χ4v) is 3.80. The highest BCUT2D eigenvalue weighted by molar-refractivity contribution is 5.88. The van der Waals surface area contributed by atoms with Crippen molar-refractivity contribution in [2.75, 3.05) is 51.1 Å². The lowest BCUT2D eigenvalue weighted by Crippen LogP contribution is -2.48. The summed E-state index contributed by atoms with van der Waals surface area (Å²) in [6.45, 7) is 8.27. The molecular formula is C22H31N7O2. The van der Waals surface area contributed by atoms with Crippen LogP contribution in [0, 0.1) is 5.92 Å². The van der Waals surface area contributed by atoms with Crippen molar-refractivity contribution in [2.45, 2.75) is 19.4 Å². The molecule has 1 unspecified atom stereocenters. The zero-order chi connectivity index (χ0) is 21.6. The van der Waals surface area contributed by atoms with Crippen LogP contribution in [0.5, 0.6) is 0 Å². The van der Waals surface area contributed by atoms with Crippen molar-refractivity contribution in [2.24, 2.45) is 5.92 Å². The van der Waals surface area contributed by atoms with Crippen molar-refractivity contribution in [3.05, 3.63) is 52.6 Å². The van der Waals surface area contributed by atoms with Crippen LogP contribution in [0.3, 0.4) is 0 Å². The summed E-state index contributed by atoms with van der Waals surface area (Å²) in [7, 11) is 0. The summed E-state index contributed by atoms with van der Waals surface area (Å²) in [5.74, 6) is 1.01. The lowest BCUT2D eigenvalue weighted by molar-refractivity contribution is 0.204. The van der Waals surface area contributed by atoms with E-state index in [0.717, 1.165) is 50.7 Å². The number of benzene rings is 1. The van der Waals surface area contributed by atoms with Gasteiger partial charge in [0.15, 0.2) is 0 Å². The van der Waals surface area contributed by atoms with Crippen LogP contribution in [-0.4, -0.2) is 72.3 Å². The molecule has 9 heteroatoms. The molecule has 0 aliphatic carbocycles. The van der Waals surface area contributed by atoms with E-state index < -0.39 is 5.69 Å². The molecule has 0 radical (unpaired) electrons. The molecule has 0 spiro atoms. The Morgan fingerprint density at radius 2 is 1.90 bits per heavy atom. The van der Waals surface area contributed by atoms with Gasteiger partial charge in [-0.15, -0.1) is 0 Å². The largest absolute Gasteiger partial charge is 0.354 e. The summed E-state index contributed by atoms with van der Waals surface area (Å²) in [6, 6.07) is 9.77. The predicted molar refractivity (Wildman–Crippen MR) is 121 cm³/mol. The van der Waals surface area contributed by atoms with Gasteiger partial charge >= 0.3 is 11.7 Å². The zero-order valence-corrected chi connectivity index (χ0v) is 17.9. The zero-order valence-electron chi connectivity index (χ0n) is 17.9. The minimum atomic E-state index is -0.421. The Hall–Kier alpha value is -2.75. The number of urea groups is 1. The lowest BCUT2D eigenvalue weighted by atomic mass is 10.0. The van der Waals surface area contributed by atoms with E-state index in [2.05, 4.69) is 33.2 Å². The summed E-state index contributed by atoms with van der Waals surface area (Å²) >= 11 is 0. The maximum Gasteiger partial charge on any atom is 0.354 e. The van der Waals surface area contributed by atoms with Crippen LogP contribution in [0.1, 0.15) is 12.5 Å². The number of carbonyl (C=O) groups excluding carboxylic acids is 1. The number of amides is 2. The molecule has 9 nitrogen and oxygen atoms in total. The van der Waals surface area contributed by atoms with E-state index in [1.54, 1.807) is 17.2 Å². The molecule has 2 amide bonds. The molecule has 4 N–H and O–H groups in total. The van der Waals surface area contributed by atoms with Crippen molar-refractivity contribution in [1.82, 2.24) is 30.4 Å². The Labute approximate surface area is 182 Å². The van der Waals surface area contributed by atoms with Crippen LogP contribution in [0.4, 0.5) is 10.6 Å². The van der Waals surface area contributed by atoms with Gasteiger partial charge in [-0.05, 0) is 43.0 Å². The lowest BCUT2D eigenvalue weighted by Gasteiger charge is -2.28. The van der Waals surface area contributed by atoms with Gasteiger partial charge in [-0.1, -0.05) is 12.1 Å². The Balaban J connectivity index is 1.34. The second-order valence-electron chi connectivity index (χ2n) is 8.34. The molecule has 2 aliphatic heterocycles. The molecule has 1 aromatic heterocycles. The van der Waals surface area contributed by atoms with E-state index in [0.29, 0.717) is 19.1 Å². The third-order valence-corrected chi connectivity index (χ3v) is 5.82. The summed E-state index contributed by atoms with van der Waals surface area (Å²) in [5.41, 5.74) is 1.55. The predicted octanol–water partition coefficient (Wildman–Crippen LogP) is 0.410. The van der Waals surface area contributed by atoms with Crippen LogP contribution in [-0.2, 0) is 6.42 Å². The summed E-state index contributed by atoms with van der Waals surface area (Å²) in [5, 5.41) is 12.8. The fourth-order valence-electron chi connectivity index (χ4n) is 3.80. The van der Waals surface area contributed by atoms with Crippen molar-refractivity contribution < 1.29 is 4.79 Å². The topological polar surface area (TPSA) is 103 Å². The Morgan fingerprint density at radius 1 is 1.16 bits per heavy atom. The van der Waals surface area contributed by atoms with Gasteiger partial charge < -0.3 is 20.9 Å². The van der Waals surface area contributed by atoms with Crippen LogP contribution < -0.4 is 27.0 Å². The van der Waals surface area contributed by atoms with Gasteiger partial charge in [-0.3, -0.25) is 9.88 Å². The van der Waals surface area contributed by atoms with Gasteiger partial charge in [0.25, 0.3) is 0 Å². The molecule has 4 rings (SSSR count). The summed E-state index contributed by atoms with van der Waals surface area (Å²) in [6.07, 6.45) is 2.58. The van der Waals surface area contributed by atoms with Gasteiger partial charge in [-0.25, -0.2) is 9.59 Å². The Bertz CT molecular complexity index is 934. The summed E-state index contributed by atoms with van der Waals surface area (Å²) in [4.78, 5) is 30.5. The molecule has 1 aromatic carbocycles. The number of anilines is 1. The molecule has 0 bridgehead atoms. The van der Waals surface area contributed by atoms with E-state index in [-0.39, 0.29) is 11.8 Å². The monoisotopic (exact) mass is 425 g/mol. The first kappa shape index (κ1) is 21.5. The van der Waals surface area contributed by atoms with Crippen LogP contribution in [0.15, 0.2) is 41.3 Å². The number of hydrogen-bond donors (Lipinski definition) is 4. The number of piperazine rings is 1. The first-order valence-corrected chi connectivity index (χ1v) is 11.0. The Morgan fingerprint density at radius 3 is 2.55 bits per heavy atom. The molecule has 0 saturated carbocycles. The third kappa shape index (κ3) is 5.69. The van der Waals surface area contributed by atoms with E-state index in [9.17, 15) is 9.59 Å². The molecule has 3 heterocycles. The number of rotatable bonds is 7. The molecule has 2 saturated heterocycles. The molecule has 1 atom stereocenters.